The summed E-state index contributed by atoms with van der Waals surface area (Å²) in [6.45, 7) is 0.496. The van der Waals surface area contributed by atoms with Crippen LogP contribution in [0.25, 0.3) is 6.08 Å². The number of carbonyl (C=O) groups is 2. The molecule has 1 rings (SSSR count). The van der Waals surface area contributed by atoms with E-state index in [1.54, 1.807) is 18.2 Å². The fourth-order valence-electron chi connectivity index (χ4n) is 1.62. The molecule has 0 bridgehead atoms. The molecule has 0 aliphatic carbocycles. The summed E-state index contributed by atoms with van der Waals surface area (Å²) in [5.41, 5.74) is 0.783. The third-order valence-corrected chi connectivity index (χ3v) is 2.71. The van der Waals surface area contributed by atoms with E-state index >= 15 is 0 Å². The Morgan fingerprint density at radius 3 is 2.52 bits per heavy atom. The van der Waals surface area contributed by atoms with Gasteiger partial charge in [0.15, 0.2) is 0 Å². The summed E-state index contributed by atoms with van der Waals surface area (Å²) in [4.78, 5) is 21.7. The van der Waals surface area contributed by atoms with Crippen molar-refractivity contribution in [3.63, 3.8) is 0 Å². The first-order chi connectivity index (χ1) is 10.1. The smallest absolute Gasteiger partial charge is 0.318 e. The third-order valence-electron chi connectivity index (χ3n) is 2.71. The van der Waals surface area contributed by atoms with Crippen molar-refractivity contribution in [1.82, 2.24) is 10.6 Å². The molecule has 0 saturated carbocycles. The molecule has 0 atom stereocenters. The van der Waals surface area contributed by atoms with E-state index in [9.17, 15) is 14.0 Å². The molecule has 1 aromatic carbocycles. The number of amides is 2. The number of hydrogen-bond donors (Lipinski definition) is 3. The zero-order chi connectivity index (χ0) is 15.5. The molecular formula is C15H19FN2O3. The predicted molar refractivity (Wildman–Crippen MR) is 78.1 cm³/mol. The summed E-state index contributed by atoms with van der Waals surface area (Å²) >= 11 is 0. The average Bonchev–Trinajstić information content (AvgIpc) is 2.44. The van der Waals surface area contributed by atoms with Gasteiger partial charge in [-0.1, -0.05) is 18.6 Å². The molecule has 0 radical (unpaired) electrons. The number of urea groups is 1. The summed E-state index contributed by atoms with van der Waals surface area (Å²) < 4.78 is 12.7. The van der Waals surface area contributed by atoms with E-state index in [1.165, 1.54) is 18.3 Å². The van der Waals surface area contributed by atoms with Crippen molar-refractivity contribution in [3.05, 3.63) is 41.8 Å². The van der Waals surface area contributed by atoms with Crippen molar-refractivity contribution in [3.8, 4) is 0 Å². The van der Waals surface area contributed by atoms with Crippen molar-refractivity contribution in [2.24, 2.45) is 0 Å². The highest BCUT2D eigenvalue weighted by Crippen LogP contribution is 2.03. The lowest BCUT2D eigenvalue weighted by atomic mass is 10.2. The molecule has 0 spiro atoms. The molecule has 0 aliphatic heterocycles. The maximum atomic E-state index is 12.7. The van der Waals surface area contributed by atoms with E-state index in [0.717, 1.165) is 18.4 Å². The minimum absolute atomic E-state index is 0.159. The molecule has 0 fully saturated rings. The molecule has 3 N–H and O–H groups in total. The number of hydrogen-bond acceptors (Lipinski definition) is 2. The first-order valence-corrected chi connectivity index (χ1v) is 6.76. The van der Waals surface area contributed by atoms with Crippen LogP contribution < -0.4 is 10.6 Å². The van der Waals surface area contributed by atoms with Crippen LogP contribution in [0.2, 0.25) is 0 Å². The van der Waals surface area contributed by atoms with Gasteiger partial charge in [0.2, 0.25) is 0 Å². The van der Waals surface area contributed by atoms with Crippen LogP contribution in [0.4, 0.5) is 9.18 Å². The van der Waals surface area contributed by atoms with Crippen LogP contribution in [0.3, 0.4) is 0 Å². The number of unbranched alkanes of at least 4 members (excludes halogenated alkanes) is 2. The van der Waals surface area contributed by atoms with Gasteiger partial charge in [0.05, 0.1) is 0 Å². The lowest BCUT2D eigenvalue weighted by Crippen LogP contribution is -2.32. The maximum Gasteiger partial charge on any atom is 0.318 e. The highest BCUT2D eigenvalue weighted by Gasteiger charge is 1.98. The van der Waals surface area contributed by atoms with E-state index in [2.05, 4.69) is 10.6 Å². The number of nitrogens with one attached hydrogen (secondary N) is 2. The van der Waals surface area contributed by atoms with Crippen LogP contribution in [0.5, 0.6) is 0 Å². The summed E-state index contributed by atoms with van der Waals surface area (Å²) in [7, 11) is 0. The van der Waals surface area contributed by atoms with Gasteiger partial charge in [0.1, 0.15) is 5.82 Å². The predicted octanol–water partition coefficient (Wildman–Crippen LogP) is 2.74. The molecule has 0 saturated heterocycles. The van der Waals surface area contributed by atoms with Crippen molar-refractivity contribution in [2.45, 2.75) is 25.7 Å². The number of carbonyl (C=O) groups excluding carboxylic acids is 1. The molecule has 21 heavy (non-hydrogen) atoms. The second-order valence-electron chi connectivity index (χ2n) is 4.49. The zero-order valence-corrected chi connectivity index (χ0v) is 11.6. The van der Waals surface area contributed by atoms with E-state index in [4.69, 9.17) is 5.11 Å². The van der Waals surface area contributed by atoms with Gasteiger partial charge in [0, 0.05) is 19.2 Å². The molecule has 0 aliphatic rings. The van der Waals surface area contributed by atoms with Crippen LogP contribution in [0.15, 0.2) is 30.5 Å². The van der Waals surface area contributed by atoms with Gasteiger partial charge in [-0.2, -0.15) is 0 Å². The number of carboxylic acid groups (broad SMARTS) is 1. The van der Waals surface area contributed by atoms with Crippen LogP contribution in [0.1, 0.15) is 31.2 Å². The third kappa shape index (κ3) is 8.41. The topological polar surface area (TPSA) is 78.4 Å². The molecule has 0 unspecified atom stereocenters. The fraction of sp³-hybridized carbons (Fsp3) is 0.333. The normalized spacial score (nSPS) is 10.5. The fourth-order valence-corrected chi connectivity index (χ4v) is 1.62. The Morgan fingerprint density at radius 2 is 1.86 bits per heavy atom. The van der Waals surface area contributed by atoms with E-state index < -0.39 is 5.97 Å². The van der Waals surface area contributed by atoms with E-state index in [0.29, 0.717) is 13.0 Å². The standard InChI is InChI=1S/C15H19FN2O3/c16-13-7-5-12(6-8-13)9-11-18-15(21)17-10-3-1-2-4-14(19)20/h5-9,11H,1-4,10H2,(H,19,20)(H2,17,18,21)/b11-9+. The molecule has 114 valence electrons. The van der Waals surface area contributed by atoms with Crippen molar-refractivity contribution >= 4 is 18.1 Å². The summed E-state index contributed by atoms with van der Waals surface area (Å²) in [5, 5.41) is 13.7. The molecule has 2 amide bonds. The monoisotopic (exact) mass is 294 g/mol. The van der Waals surface area contributed by atoms with Crippen LogP contribution >= 0.6 is 0 Å². The highest BCUT2D eigenvalue weighted by molar-refractivity contribution is 5.75. The second-order valence-corrected chi connectivity index (χ2v) is 4.49. The van der Waals surface area contributed by atoms with Gasteiger partial charge in [0.25, 0.3) is 0 Å². The van der Waals surface area contributed by atoms with Gasteiger partial charge in [-0.25, -0.2) is 9.18 Å². The highest BCUT2D eigenvalue weighted by atomic mass is 19.1. The number of rotatable bonds is 8. The maximum absolute atomic E-state index is 12.7. The Morgan fingerprint density at radius 1 is 1.14 bits per heavy atom. The zero-order valence-electron chi connectivity index (χ0n) is 11.6. The Bertz CT molecular complexity index is 486. The molecule has 5 nitrogen and oxygen atoms in total. The average molecular weight is 294 g/mol. The van der Waals surface area contributed by atoms with Crippen LogP contribution in [-0.4, -0.2) is 23.7 Å². The summed E-state index contributed by atoms with van der Waals surface area (Å²) in [5.74, 6) is -1.10. The molecule has 0 aromatic heterocycles. The van der Waals surface area contributed by atoms with Crippen molar-refractivity contribution in [2.75, 3.05) is 6.54 Å². The molecule has 0 heterocycles. The Labute approximate surface area is 122 Å². The minimum atomic E-state index is -0.799. The lowest BCUT2D eigenvalue weighted by Gasteiger charge is -2.04. The van der Waals surface area contributed by atoms with Gasteiger partial charge < -0.3 is 15.7 Å². The number of aliphatic carboxylic acids is 1. The number of benzene rings is 1. The van der Waals surface area contributed by atoms with E-state index in [-0.39, 0.29) is 18.3 Å². The van der Waals surface area contributed by atoms with Gasteiger partial charge >= 0.3 is 12.0 Å². The van der Waals surface area contributed by atoms with Crippen molar-refractivity contribution < 1.29 is 19.1 Å². The van der Waals surface area contributed by atoms with Gasteiger partial charge in [-0.15, -0.1) is 0 Å². The van der Waals surface area contributed by atoms with Gasteiger partial charge in [-0.05, 0) is 36.6 Å². The molecular weight excluding hydrogens is 275 g/mol. The summed E-state index contributed by atoms with van der Waals surface area (Å²) in [6.07, 6.45) is 5.41. The lowest BCUT2D eigenvalue weighted by molar-refractivity contribution is -0.137. The Hall–Kier alpha value is -2.37. The quantitative estimate of drug-likeness (QED) is 0.645. The van der Waals surface area contributed by atoms with Crippen LogP contribution in [0, 0.1) is 5.82 Å². The second kappa shape index (κ2) is 9.52. The molecule has 6 heteroatoms. The number of carboxylic acids is 1. The Balaban J connectivity index is 2.11. The Kier molecular flexibility index (Phi) is 7.56. The van der Waals surface area contributed by atoms with Crippen molar-refractivity contribution in [1.29, 1.82) is 0 Å². The summed E-state index contributed by atoms with van der Waals surface area (Å²) in [6, 6.07) is 5.57. The SMILES string of the molecule is O=C(O)CCCCCNC(=O)N/C=C/c1ccc(F)cc1. The molecule has 1 aromatic rings. The largest absolute Gasteiger partial charge is 0.481 e. The van der Waals surface area contributed by atoms with E-state index in [1.807, 2.05) is 0 Å². The number of halogens is 1. The first-order valence-electron chi connectivity index (χ1n) is 6.76. The minimum Gasteiger partial charge on any atom is -0.481 e. The van der Waals surface area contributed by atoms with Crippen LogP contribution in [-0.2, 0) is 4.79 Å². The van der Waals surface area contributed by atoms with Gasteiger partial charge in [-0.3, -0.25) is 4.79 Å². The first kappa shape index (κ1) is 16.7.